The van der Waals surface area contributed by atoms with E-state index in [1.165, 1.54) is 0 Å². The maximum absolute atomic E-state index is 12.0. The van der Waals surface area contributed by atoms with Gasteiger partial charge < -0.3 is 15.4 Å². The summed E-state index contributed by atoms with van der Waals surface area (Å²) >= 11 is 0. The molecule has 1 unspecified atom stereocenters. The lowest BCUT2D eigenvalue weighted by atomic mass is 10.1. The Kier molecular flexibility index (Phi) is 8.28. The van der Waals surface area contributed by atoms with Crippen LogP contribution in [0.5, 0.6) is 5.75 Å². The molecule has 1 aliphatic rings. The van der Waals surface area contributed by atoms with Gasteiger partial charge in [0, 0.05) is 12.1 Å². The molecule has 5 heteroatoms. The first-order valence-electron chi connectivity index (χ1n) is 7.88. The zero-order valence-electron chi connectivity index (χ0n) is 13.4. The van der Waals surface area contributed by atoms with Crippen molar-refractivity contribution in [3.63, 3.8) is 0 Å². The average molecular weight is 327 g/mol. The number of amides is 1. The van der Waals surface area contributed by atoms with Crippen LogP contribution in [0.15, 0.2) is 24.3 Å². The largest absolute Gasteiger partial charge is 0.493 e. The lowest BCUT2D eigenvalue weighted by molar-refractivity contribution is -0.122. The van der Waals surface area contributed by atoms with Crippen LogP contribution >= 0.6 is 12.4 Å². The Morgan fingerprint density at radius 3 is 2.86 bits per heavy atom. The van der Waals surface area contributed by atoms with Crippen molar-refractivity contribution < 1.29 is 9.53 Å². The fourth-order valence-corrected chi connectivity index (χ4v) is 2.41. The molecule has 0 spiro atoms. The lowest BCUT2D eigenvalue weighted by Gasteiger charge is -2.15. The van der Waals surface area contributed by atoms with E-state index in [1.807, 2.05) is 24.3 Å². The molecule has 0 saturated carbocycles. The van der Waals surface area contributed by atoms with Crippen molar-refractivity contribution >= 4 is 18.3 Å². The molecular formula is C17H27ClN2O2. The quantitative estimate of drug-likeness (QED) is 0.810. The monoisotopic (exact) mass is 326 g/mol. The molecule has 22 heavy (non-hydrogen) atoms. The van der Waals surface area contributed by atoms with Gasteiger partial charge in [0.25, 0.3) is 0 Å². The zero-order chi connectivity index (χ0) is 15.1. The number of carbonyl (C=O) groups is 1. The van der Waals surface area contributed by atoms with Crippen molar-refractivity contribution in [1.82, 2.24) is 10.6 Å². The molecule has 0 bridgehead atoms. The number of ether oxygens (including phenoxy) is 1. The van der Waals surface area contributed by atoms with Gasteiger partial charge in [-0.25, -0.2) is 0 Å². The Morgan fingerprint density at radius 1 is 1.41 bits per heavy atom. The van der Waals surface area contributed by atoms with Gasteiger partial charge in [-0.1, -0.05) is 32.0 Å². The second kappa shape index (κ2) is 9.70. The van der Waals surface area contributed by atoms with Crippen molar-refractivity contribution in [2.45, 2.75) is 45.7 Å². The molecule has 1 aromatic carbocycles. The maximum atomic E-state index is 12.0. The summed E-state index contributed by atoms with van der Waals surface area (Å²) in [6.45, 7) is 6.54. The van der Waals surface area contributed by atoms with Crippen LogP contribution in [0.3, 0.4) is 0 Å². The highest BCUT2D eigenvalue weighted by molar-refractivity contribution is 5.85. The summed E-state index contributed by atoms with van der Waals surface area (Å²) in [4.78, 5) is 12.0. The minimum atomic E-state index is -0.0287. The summed E-state index contributed by atoms with van der Waals surface area (Å²) in [5.41, 5.74) is 1.03. The molecule has 1 atom stereocenters. The summed E-state index contributed by atoms with van der Waals surface area (Å²) < 4.78 is 5.84. The summed E-state index contributed by atoms with van der Waals surface area (Å²) in [6, 6.07) is 7.89. The van der Waals surface area contributed by atoms with Gasteiger partial charge in [0.05, 0.1) is 12.6 Å². The van der Waals surface area contributed by atoms with Crippen LogP contribution < -0.4 is 15.4 Å². The first kappa shape index (κ1) is 18.8. The molecule has 2 rings (SSSR count). The fourth-order valence-electron chi connectivity index (χ4n) is 2.41. The van der Waals surface area contributed by atoms with Crippen LogP contribution in [0.1, 0.15) is 38.7 Å². The van der Waals surface area contributed by atoms with Crippen molar-refractivity contribution in [2.75, 3.05) is 13.2 Å². The number of hydrogen-bond donors (Lipinski definition) is 2. The van der Waals surface area contributed by atoms with Gasteiger partial charge in [-0.3, -0.25) is 4.79 Å². The standard InChI is InChI=1S/C17H26N2O2.ClH/c1-13(2)9-11-21-16-8-4-3-6-14(16)12-19-17(20)15-7-5-10-18-15;/h3-4,6,8,13,15,18H,5,7,9-12H2,1-2H3,(H,19,20);1H. The summed E-state index contributed by atoms with van der Waals surface area (Å²) in [6.07, 6.45) is 3.04. The number of carbonyl (C=O) groups excluding carboxylic acids is 1. The SMILES string of the molecule is CC(C)CCOc1ccccc1CNC(=O)C1CCCN1.Cl. The minimum Gasteiger partial charge on any atom is -0.493 e. The highest BCUT2D eigenvalue weighted by Gasteiger charge is 2.21. The predicted molar refractivity (Wildman–Crippen MR) is 91.5 cm³/mol. The normalized spacial score (nSPS) is 17.1. The highest BCUT2D eigenvalue weighted by Crippen LogP contribution is 2.18. The Bertz CT molecular complexity index is 460. The Balaban J connectivity index is 0.00000242. The average Bonchev–Trinajstić information content (AvgIpc) is 3.00. The van der Waals surface area contributed by atoms with Crippen LogP contribution in [0.2, 0.25) is 0 Å². The zero-order valence-corrected chi connectivity index (χ0v) is 14.2. The van der Waals surface area contributed by atoms with E-state index in [9.17, 15) is 4.79 Å². The lowest BCUT2D eigenvalue weighted by Crippen LogP contribution is -2.40. The molecular weight excluding hydrogens is 300 g/mol. The summed E-state index contributed by atoms with van der Waals surface area (Å²) in [5, 5.41) is 6.21. The van der Waals surface area contributed by atoms with Crippen molar-refractivity contribution in [1.29, 1.82) is 0 Å². The number of rotatable bonds is 7. The second-order valence-corrected chi connectivity index (χ2v) is 6.01. The molecule has 1 aliphatic heterocycles. The third kappa shape index (κ3) is 5.85. The van der Waals surface area contributed by atoms with Gasteiger partial charge in [-0.2, -0.15) is 0 Å². The molecule has 4 nitrogen and oxygen atoms in total. The molecule has 1 amide bonds. The Morgan fingerprint density at radius 2 is 2.18 bits per heavy atom. The molecule has 1 heterocycles. The molecule has 0 aromatic heterocycles. The fraction of sp³-hybridized carbons (Fsp3) is 0.588. The summed E-state index contributed by atoms with van der Waals surface area (Å²) in [7, 11) is 0. The number of para-hydroxylation sites is 1. The first-order chi connectivity index (χ1) is 10.2. The first-order valence-corrected chi connectivity index (χ1v) is 7.88. The number of hydrogen-bond acceptors (Lipinski definition) is 3. The van der Waals surface area contributed by atoms with Gasteiger partial charge in [-0.15, -0.1) is 12.4 Å². The van der Waals surface area contributed by atoms with E-state index in [1.54, 1.807) is 0 Å². The molecule has 1 saturated heterocycles. The van der Waals surface area contributed by atoms with E-state index in [0.717, 1.165) is 37.1 Å². The molecule has 1 fully saturated rings. The van der Waals surface area contributed by atoms with E-state index in [0.29, 0.717) is 19.1 Å². The van der Waals surface area contributed by atoms with Crippen LogP contribution in [0, 0.1) is 5.92 Å². The topological polar surface area (TPSA) is 50.4 Å². The Labute approximate surface area is 139 Å². The third-order valence-corrected chi connectivity index (χ3v) is 3.76. The molecule has 1 aromatic rings. The highest BCUT2D eigenvalue weighted by atomic mass is 35.5. The van der Waals surface area contributed by atoms with Crippen molar-refractivity contribution in [2.24, 2.45) is 5.92 Å². The number of benzene rings is 1. The van der Waals surface area contributed by atoms with Crippen LogP contribution in [-0.4, -0.2) is 25.1 Å². The maximum Gasteiger partial charge on any atom is 0.237 e. The van der Waals surface area contributed by atoms with Crippen molar-refractivity contribution in [3.8, 4) is 5.75 Å². The van der Waals surface area contributed by atoms with E-state index in [-0.39, 0.29) is 24.4 Å². The second-order valence-electron chi connectivity index (χ2n) is 6.01. The van der Waals surface area contributed by atoms with Gasteiger partial charge in [0.2, 0.25) is 5.91 Å². The van der Waals surface area contributed by atoms with Crippen molar-refractivity contribution in [3.05, 3.63) is 29.8 Å². The molecule has 2 N–H and O–H groups in total. The van der Waals surface area contributed by atoms with Crippen LogP contribution in [0.4, 0.5) is 0 Å². The van der Waals surface area contributed by atoms with Gasteiger partial charge in [-0.05, 0) is 37.8 Å². The van der Waals surface area contributed by atoms with Gasteiger partial charge in [0.1, 0.15) is 5.75 Å². The van der Waals surface area contributed by atoms with E-state index >= 15 is 0 Å². The summed E-state index contributed by atoms with van der Waals surface area (Å²) in [5.74, 6) is 1.59. The number of halogens is 1. The molecule has 124 valence electrons. The predicted octanol–water partition coefficient (Wildman–Crippen LogP) is 2.90. The molecule has 0 radical (unpaired) electrons. The molecule has 0 aliphatic carbocycles. The van der Waals surface area contributed by atoms with Crippen LogP contribution in [0.25, 0.3) is 0 Å². The number of nitrogens with one attached hydrogen (secondary N) is 2. The Hall–Kier alpha value is -1.26. The van der Waals surface area contributed by atoms with E-state index < -0.39 is 0 Å². The van der Waals surface area contributed by atoms with E-state index in [4.69, 9.17) is 4.74 Å². The van der Waals surface area contributed by atoms with Crippen LogP contribution in [-0.2, 0) is 11.3 Å². The smallest absolute Gasteiger partial charge is 0.237 e. The van der Waals surface area contributed by atoms with Gasteiger partial charge in [0.15, 0.2) is 0 Å². The minimum absolute atomic E-state index is 0. The van der Waals surface area contributed by atoms with E-state index in [2.05, 4.69) is 24.5 Å². The third-order valence-electron chi connectivity index (χ3n) is 3.76. The van der Waals surface area contributed by atoms with Gasteiger partial charge >= 0.3 is 0 Å².